The van der Waals surface area contributed by atoms with Crippen molar-refractivity contribution in [2.75, 3.05) is 18.9 Å². The van der Waals surface area contributed by atoms with Crippen LogP contribution in [0.3, 0.4) is 0 Å². The number of hydrogen-bond donors (Lipinski definition) is 1. The van der Waals surface area contributed by atoms with Crippen LogP contribution in [0.4, 0.5) is 5.69 Å². The molecule has 0 aliphatic heterocycles. The van der Waals surface area contributed by atoms with Crippen LogP contribution >= 0.6 is 11.3 Å². The molecule has 28 heavy (non-hydrogen) atoms. The predicted molar refractivity (Wildman–Crippen MR) is 112 cm³/mol. The molecule has 0 saturated carbocycles. The van der Waals surface area contributed by atoms with Gasteiger partial charge in [0.15, 0.2) is 11.5 Å². The molecule has 1 N–H and O–H groups in total. The number of pyridine rings is 1. The molecule has 0 radical (unpaired) electrons. The summed E-state index contributed by atoms with van der Waals surface area (Å²) in [4.78, 5) is 9.41. The molecule has 6 nitrogen and oxygen atoms in total. The van der Waals surface area contributed by atoms with Gasteiger partial charge in [-0.1, -0.05) is 12.1 Å². The van der Waals surface area contributed by atoms with Crippen LogP contribution in [0.15, 0.2) is 65.8 Å². The van der Waals surface area contributed by atoms with Crippen molar-refractivity contribution in [2.45, 2.75) is 4.90 Å². The van der Waals surface area contributed by atoms with Gasteiger partial charge < -0.3 is 14.2 Å². The zero-order chi connectivity index (χ0) is 19.5. The minimum Gasteiger partial charge on any atom is -0.493 e. The number of thiazole rings is 1. The molecule has 8 heteroatoms. The number of nitrogens with one attached hydrogen (secondary N) is 1. The quantitative estimate of drug-likeness (QED) is 0.505. The number of anilines is 1. The first kappa shape index (κ1) is 18.4. The molecule has 2 aromatic heterocycles. The SMILES string of the molecule is COc1ccc(S(=O)Nc2ccccc2-c2nc3ccncc3s2)cc1OC. The molecule has 2 heterocycles. The molecule has 4 rings (SSSR count). The zero-order valence-electron chi connectivity index (χ0n) is 15.2. The van der Waals surface area contributed by atoms with E-state index in [-0.39, 0.29) is 0 Å². The van der Waals surface area contributed by atoms with Crippen molar-refractivity contribution in [2.24, 2.45) is 0 Å². The third-order valence-corrected chi connectivity index (χ3v) is 6.25. The van der Waals surface area contributed by atoms with Crippen molar-refractivity contribution >= 4 is 38.2 Å². The van der Waals surface area contributed by atoms with E-state index in [0.29, 0.717) is 16.4 Å². The summed E-state index contributed by atoms with van der Waals surface area (Å²) in [6.07, 6.45) is 3.52. The maximum atomic E-state index is 12.9. The van der Waals surface area contributed by atoms with Crippen LogP contribution in [-0.4, -0.2) is 28.4 Å². The second-order valence-electron chi connectivity index (χ2n) is 5.80. The first-order chi connectivity index (χ1) is 13.7. The van der Waals surface area contributed by atoms with Gasteiger partial charge in [0, 0.05) is 24.0 Å². The first-order valence-electron chi connectivity index (χ1n) is 8.40. The fourth-order valence-electron chi connectivity index (χ4n) is 2.74. The van der Waals surface area contributed by atoms with Gasteiger partial charge in [0.05, 0.1) is 35.0 Å². The number of para-hydroxylation sites is 1. The normalized spacial score (nSPS) is 11.9. The summed E-state index contributed by atoms with van der Waals surface area (Å²) < 4.78 is 27.5. The summed E-state index contributed by atoms with van der Waals surface area (Å²) in [6.45, 7) is 0. The Morgan fingerprint density at radius 1 is 1.04 bits per heavy atom. The molecule has 0 aliphatic carbocycles. The molecule has 0 spiro atoms. The Kier molecular flexibility index (Phi) is 5.23. The second kappa shape index (κ2) is 7.95. The van der Waals surface area contributed by atoms with Gasteiger partial charge in [-0.05, 0) is 30.3 Å². The number of aromatic nitrogens is 2. The number of methoxy groups -OCH3 is 2. The maximum absolute atomic E-state index is 12.9. The zero-order valence-corrected chi connectivity index (χ0v) is 16.8. The molecule has 142 valence electrons. The molecular formula is C20H17N3O3S2. The fraction of sp³-hybridized carbons (Fsp3) is 0.100. The lowest BCUT2D eigenvalue weighted by Crippen LogP contribution is -2.06. The van der Waals surface area contributed by atoms with Crippen LogP contribution in [0.2, 0.25) is 0 Å². The highest BCUT2D eigenvalue weighted by molar-refractivity contribution is 7.86. The van der Waals surface area contributed by atoms with E-state index in [1.807, 2.05) is 30.3 Å². The predicted octanol–water partition coefficient (Wildman–Crippen LogP) is 4.51. The Bertz CT molecular complexity index is 1130. The van der Waals surface area contributed by atoms with Crippen molar-refractivity contribution in [3.63, 3.8) is 0 Å². The average molecular weight is 412 g/mol. The molecule has 1 atom stereocenters. The third kappa shape index (κ3) is 3.56. The number of benzene rings is 2. The summed E-state index contributed by atoms with van der Waals surface area (Å²) in [5.74, 6) is 1.12. The van der Waals surface area contributed by atoms with E-state index >= 15 is 0 Å². The number of ether oxygens (including phenoxy) is 2. The van der Waals surface area contributed by atoms with Crippen LogP contribution in [0.5, 0.6) is 11.5 Å². The van der Waals surface area contributed by atoms with Crippen LogP contribution in [0, 0.1) is 0 Å². The summed E-state index contributed by atoms with van der Waals surface area (Å²) in [7, 11) is 1.64. The molecule has 0 bridgehead atoms. The van der Waals surface area contributed by atoms with Gasteiger partial charge in [-0.15, -0.1) is 11.3 Å². The average Bonchev–Trinajstić information content (AvgIpc) is 3.17. The van der Waals surface area contributed by atoms with E-state index in [9.17, 15) is 4.21 Å². The van der Waals surface area contributed by atoms with E-state index in [1.54, 1.807) is 56.1 Å². The smallest absolute Gasteiger partial charge is 0.161 e. The van der Waals surface area contributed by atoms with Crippen molar-refractivity contribution < 1.29 is 13.7 Å². The van der Waals surface area contributed by atoms with Crippen LogP contribution in [0.25, 0.3) is 20.8 Å². The minimum absolute atomic E-state index is 0.530. The third-order valence-electron chi connectivity index (χ3n) is 4.12. The Hall–Kier alpha value is -2.97. The first-order valence-corrected chi connectivity index (χ1v) is 10.4. The lowest BCUT2D eigenvalue weighted by Gasteiger charge is -2.12. The number of nitrogens with zero attached hydrogens (tertiary/aromatic N) is 2. The summed E-state index contributed by atoms with van der Waals surface area (Å²) in [5.41, 5.74) is 2.52. The lowest BCUT2D eigenvalue weighted by atomic mass is 10.2. The number of rotatable bonds is 6. The number of fused-ring (bicyclic) bond motifs is 1. The Labute approximate surface area is 168 Å². The van der Waals surface area contributed by atoms with Crippen LogP contribution < -0.4 is 14.2 Å². The van der Waals surface area contributed by atoms with Gasteiger partial charge in [0.1, 0.15) is 16.0 Å². The topological polar surface area (TPSA) is 73.3 Å². The van der Waals surface area contributed by atoms with E-state index < -0.39 is 11.0 Å². The lowest BCUT2D eigenvalue weighted by molar-refractivity contribution is 0.354. The summed E-state index contributed by atoms with van der Waals surface area (Å²) >= 11 is 1.55. The van der Waals surface area contributed by atoms with E-state index in [2.05, 4.69) is 14.7 Å². The van der Waals surface area contributed by atoms with Gasteiger partial charge in [0.2, 0.25) is 0 Å². The Morgan fingerprint density at radius 3 is 2.64 bits per heavy atom. The van der Waals surface area contributed by atoms with Gasteiger partial charge in [-0.2, -0.15) is 0 Å². The largest absolute Gasteiger partial charge is 0.493 e. The van der Waals surface area contributed by atoms with Gasteiger partial charge in [-0.25, -0.2) is 9.19 Å². The summed E-state index contributed by atoms with van der Waals surface area (Å²) in [5, 5.41) is 0.843. The van der Waals surface area contributed by atoms with E-state index in [1.165, 1.54) is 0 Å². The number of hydrogen-bond acceptors (Lipinski definition) is 6. The molecule has 0 saturated heterocycles. The molecule has 0 fully saturated rings. The molecule has 2 aromatic carbocycles. The molecule has 0 aliphatic rings. The Balaban J connectivity index is 1.66. The van der Waals surface area contributed by atoms with Crippen molar-refractivity contribution in [3.8, 4) is 22.1 Å². The molecule has 4 aromatic rings. The maximum Gasteiger partial charge on any atom is 0.161 e. The highest BCUT2D eigenvalue weighted by Gasteiger charge is 2.14. The second-order valence-corrected chi connectivity index (χ2v) is 8.04. The highest BCUT2D eigenvalue weighted by atomic mass is 32.2. The van der Waals surface area contributed by atoms with Crippen molar-refractivity contribution in [1.29, 1.82) is 0 Å². The standard InChI is InChI=1S/C20H17N3O3S2/c1-25-17-8-7-13(11-18(17)26-2)28(24)23-15-6-4-3-5-14(15)20-22-16-9-10-21-12-19(16)27-20/h3-12,23H,1-2H3. The molecule has 1 unspecified atom stereocenters. The van der Waals surface area contributed by atoms with Crippen molar-refractivity contribution in [1.82, 2.24) is 9.97 Å². The van der Waals surface area contributed by atoms with Crippen LogP contribution in [0.1, 0.15) is 0 Å². The fourth-order valence-corrected chi connectivity index (χ4v) is 4.62. The van der Waals surface area contributed by atoms with Crippen molar-refractivity contribution in [3.05, 3.63) is 60.9 Å². The van der Waals surface area contributed by atoms with Gasteiger partial charge in [0.25, 0.3) is 0 Å². The minimum atomic E-state index is -1.48. The Morgan fingerprint density at radius 2 is 1.86 bits per heavy atom. The molecule has 0 amide bonds. The van der Waals surface area contributed by atoms with Gasteiger partial charge in [-0.3, -0.25) is 4.98 Å². The van der Waals surface area contributed by atoms with E-state index in [0.717, 1.165) is 26.5 Å². The van der Waals surface area contributed by atoms with Crippen LogP contribution in [-0.2, 0) is 11.0 Å². The monoisotopic (exact) mass is 411 g/mol. The van der Waals surface area contributed by atoms with E-state index in [4.69, 9.17) is 9.47 Å². The molecular weight excluding hydrogens is 394 g/mol. The highest BCUT2D eigenvalue weighted by Crippen LogP contribution is 2.35. The summed E-state index contributed by atoms with van der Waals surface area (Å²) in [6, 6.07) is 14.7. The van der Waals surface area contributed by atoms with Gasteiger partial charge >= 0.3 is 0 Å².